The highest BCUT2D eigenvalue weighted by Crippen LogP contribution is 2.19. The van der Waals surface area contributed by atoms with E-state index in [1.54, 1.807) is 12.3 Å². The van der Waals surface area contributed by atoms with Gasteiger partial charge >= 0.3 is 0 Å². The fourth-order valence-electron chi connectivity index (χ4n) is 1.17. The van der Waals surface area contributed by atoms with Gasteiger partial charge in [-0.3, -0.25) is 5.10 Å². The highest BCUT2D eigenvalue weighted by atomic mass is 16.2. The lowest BCUT2D eigenvalue weighted by Gasteiger charge is -1.99. The maximum atomic E-state index is 8.85. The molecule has 0 aliphatic rings. The Kier molecular flexibility index (Phi) is 7.07. The van der Waals surface area contributed by atoms with Gasteiger partial charge in [-0.2, -0.15) is 10.4 Å². The second kappa shape index (κ2) is 8.08. The fourth-order valence-corrected chi connectivity index (χ4v) is 1.17. The van der Waals surface area contributed by atoms with Crippen LogP contribution in [0.2, 0.25) is 0 Å². The number of aliphatic hydroxyl groups is 1. The van der Waals surface area contributed by atoms with Crippen molar-refractivity contribution in [2.45, 2.75) is 13.8 Å². The quantitative estimate of drug-likeness (QED) is 0.785. The molecule has 0 aliphatic carbocycles. The molecular weight excluding hydrogens is 214 g/mol. The summed E-state index contributed by atoms with van der Waals surface area (Å²) in [6.45, 7) is 7.69. The minimum absolute atomic E-state index is 0.463. The van der Waals surface area contributed by atoms with Gasteiger partial charge in [-0.15, -0.1) is 0 Å². The summed E-state index contributed by atoms with van der Waals surface area (Å²) in [5.41, 5.74) is 3.27. The van der Waals surface area contributed by atoms with Gasteiger partial charge in [0, 0.05) is 12.7 Å². The van der Waals surface area contributed by atoms with Crippen molar-refractivity contribution in [3.8, 4) is 6.07 Å². The van der Waals surface area contributed by atoms with E-state index in [1.165, 1.54) is 0 Å². The Morgan fingerprint density at radius 3 is 2.71 bits per heavy atom. The van der Waals surface area contributed by atoms with Crippen LogP contribution < -0.4 is 0 Å². The van der Waals surface area contributed by atoms with Crippen molar-refractivity contribution in [1.29, 1.82) is 5.26 Å². The molecule has 0 aromatic carbocycles. The van der Waals surface area contributed by atoms with E-state index in [1.807, 2.05) is 26.0 Å². The van der Waals surface area contributed by atoms with Crippen LogP contribution in [0.5, 0.6) is 0 Å². The van der Waals surface area contributed by atoms with E-state index < -0.39 is 0 Å². The van der Waals surface area contributed by atoms with Crippen LogP contribution in [0.1, 0.15) is 25.1 Å². The van der Waals surface area contributed by atoms with Crippen molar-refractivity contribution in [2.75, 3.05) is 7.11 Å². The number of nitrogens with one attached hydrogen (secondary N) is 1. The summed E-state index contributed by atoms with van der Waals surface area (Å²) in [7, 11) is 1.00. The van der Waals surface area contributed by atoms with Crippen molar-refractivity contribution < 1.29 is 5.11 Å². The predicted molar refractivity (Wildman–Crippen MR) is 69.1 cm³/mol. The van der Waals surface area contributed by atoms with E-state index in [0.717, 1.165) is 23.8 Å². The zero-order valence-electron chi connectivity index (χ0n) is 10.4. The van der Waals surface area contributed by atoms with Gasteiger partial charge in [0.2, 0.25) is 0 Å². The summed E-state index contributed by atoms with van der Waals surface area (Å²) < 4.78 is 0. The third kappa shape index (κ3) is 4.09. The molecular formula is C13H17N3O. The van der Waals surface area contributed by atoms with Gasteiger partial charge in [0.05, 0.1) is 6.20 Å². The number of aliphatic hydroxyl groups excluding tert-OH is 1. The Hall–Kier alpha value is -2.12. The first-order chi connectivity index (χ1) is 8.22. The number of aromatic nitrogens is 2. The zero-order chi connectivity index (χ0) is 13.3. The van der Waals surface area contributed by atoms with Crippen molar-refractivity contribution in [3.05, 3.63) is 47.8 Å². The molecule has 1 heterocycles. The number of nitriles is 1. The molecule has 0 unspecified atom stereocenters. The van der Waals surface area contributed by atoms with E-state index in [-0.39, 0.29) is 0 Å². The maximum Gasteiger partial charge on any atom is 0.143 e. The van der Waals surface area contributed by atoms with Gasteiger partial charge in [-0.25, -0.2) is 0 Å². The van der Waals surface area contributed by atoms with E-state index in [2.05, 4.69) is 22.8 Å². The molecule has 4 nitrogen and oxygen atoms in total. The van der Waals surface area contributed by atoms with Crippen LogP contribution in [0.25, 0.3) is 5.57 Å². The molecule has 17 heavy (non-hydrogen) atoms. The molecule has 0 amide bonds. The SMILES string of the molecule is C=C/C(=C\C(C)=C/C)c1cn[nH]c1C#N.CO. The predicted octanol–water partition coefficient (Wildman–Crippen LogP) is 2.43. The second-order valence-electron chi connectivity index (χ2n) is 3.11. The van der Waals surface area contributed by atoms with Crippen LogP contribution in [0.4, 0.5) is 0 Å². The molecule has 4 heteroatoms. The highest BCUT2D eigenvalue weighted by Gasteiger charge is 2.06. The first-order valence-electron chi connectivity index (χ1n) is 5.08. The lowest BCUT2D eigenvalue weighted by molar-refractivity contribution is 0.399. The summed E-state index contributed by atoms with van der Waals surface area (Å²) in [6.07, 6.45) is 7.32. The maximum absolute atomic E-state index is 8.85. The van der Waals surface area contributed by atoms with E-state index in [9.17, 15) is 0 Å². The molecule has 0 bridgehead atoms. The minimum Gasteiger partial charge on any atom is -0.400 e. The van der Waals surface area contributed by atoms with Gasteiger partial charge in [-0.05, 0) is 19.4 Å². The molecule has 0 spiro atoms. The molecule has 0 radical (unpaired) electrons. The molecule has 1 aromatic heterocycles. The number of hydrogen-bond donors (Lipinski definition) is 2. The Morgan fingerprint density at radius 2 is 2.24 bits per heavy atom. The lowest BCUT2D eigenvalue weighted by Crippen LogP contribution is -1.84. The fraction of sp³-hybridized carbons (Fsp3) is 0.231. The summed E-state index contributed by atoms with van der Waals surface area (Å²) in [4.78, 5) is 0. The van der Waals surface area contributed by atoms with Crippen molar-refractivity contribution in [1.82, 2.24) is 10.2 Å². The van der Waals surface area contributed by atoms with Crippen LogP contribution in [0.15, 0.2) is 36.6 Å². The first-order valence-corrected chi connectivity index (χ1v) is 5.08. The molecule has 0 saturated heterocycles. The molecule has 2 N–H and O–H groups in total. The summed E-state index contributed by atoms with van der Waals surface area (Å²) in [5, 5.41) is 22.3. The molecule has 90 valence electrons. The smallest absolute Gasteiger partial charge is 0.143 e. The Bertz CT molecular complexity index is 461. The van der Waals surface area contributed by atoms with Gasteiger partial charge in [0.1, 0.15) is 11.8 Å². The number of H-pyrrole nitrogens is 1. The van der Waals surface area contributed by atoms with Gasteiger partial charge in [0.15, 0.2) is 0 Å². The largest absolute Gasteiger partial charge is 0.400 e. The molecule has 0 saturated carbocycles. The number of hydrogen-bond acceptors (Lipinski definition) is 3. The highest BCUT2D eigenvalue weighted by molar-refractivity contribution is 5.77. The van der Waals surface area contributed by atoms with E-state index >= 15 is 0 Å². The summed E-state index contributed by atoms with van der Waals surface area (Å²) in [6, 6.07) is 2.06. The number of aromatic amines is 1. The van der Waals surface area contributed by atoms with Crippen molar-refractivity contribution in [3.63, 3.8) is 0 Å². The Balaban J connectivity index is 0.00000121. The summed E-state index contributed by atoms with van der Waals surface area (Å²) >= 11 is 0. The normalized spacial score (nSPS) is 11.2. The Labute approximate surface area is 102 Å². The van der Waals surface area contributed by atoms with E-state index in [0.29, 0.717) is 5.69 Å². The summed E-state index contributed by atoms with van der Waals surface area (Å²) in [5.74, 6) is 0. The zero-order valence-corrected chi connectivity index (χ0v) is 10.4. The minimum atomic E-state index is 0.463. The van der Waals surface area contributed by atoms with Crippen LogP contribution in [0.3, 0.4) is 0 Å². The third-order valence-electron chi connectivity index (χ3n) is 2.12. The third-order valence-corrected chi connectivity index (χ3v) is 2.12. The first kappa shape index (κ1) is 14.9. The van der Waals surface area contributed by atoms with Crippen molar-refractivity contribution >= 4 is 5.57 Å². The molecule has 0 fully saturated rings. The van der Waals surface area contributed by atoms with Gasteiger partial charge in [0.25, 0.3) is 0 Å². The molecule has 1 rings (SSSR count). The van der Waals surface area contributed by atoms with E-state index in [4.69, 9.17) is 10.4 Å². The van der Waals surface area contributed by atoms with Crippen LogP contribution >= 0.6 is 0 Å². The average molecular weight is 231 g/mol. The number of rotatable bonds is 3. The number of nitrogens with zero attached hydrogens (tertiary/aromatic N) is 2. The van der Waals surface area contributed by atoms with Gasteiger partial charge in [-0.1, -0.05) is 30.4 Å². The number of allylic oxidation sites excluding steroid dienone is 5. The van der Waals surface area contributed by atoms with Crippen LogP contribution in [-0.4, -0.2) is 22.4 Å². The monoisotopic (exact) mass is 231 g/mol. The Morgan fingerprint density at radius 1 is 1.59 bits per heavy atom. The molecule has 1 aromatic rings. The van der Waals surface area contributed by atoms with Gasteiger partial charge < -0.3 is 5.11 Å². The molecule has 0 aliphatic heterocycles. The van der Waals surface area contributed by atoms with Crippen LogP contribution in [-0.2, 0) is 0 Å². The molecule has 0 atom stereocenters. The van der Waals surface area contributed by atoms with Crippen molar-refractivity contribution in [2.24, 2.45) is 0 Å². The van der Waals surface area contributed by atoms with Crippen LogP contribution in [0, 0.1) is 11.3 Å². The lowest BCUT2D eigenvalue weighted by atomic mass is 10.0. The second-order valence-corrected chi connectivity index (χ2v) is 3.11. The standard InChI is InChI=1S/C12H13N3.CH4O/c1-4-9(3)6-10(5-2)11-8-14-15-12(11)7-13;1-2/h4-6,8H,2H2,1,3H3,(H,14,15);2H,1H3/b9-4-,10-6+;. The topological polar surface area (TPSA) is 72.7 Å². The average Bonchev–Trinajstić information content (AvgIpc) is 2.86.